The van der Waals surface area contributed by atoms with E-state index in [1.54, 1.807) is 0 Å². The van der Waals surface area contributed by atoms with Crippen LogP contribution in [0.25, 0.3) is 0 Å². The van der Waals surface area contributed by atoms with Gasteiger partial charge in [0.1, 0.15) is 5.83 Å². The number of urea groups is 1. The van der Waals surface area contributed by atoms with Gasteiger partial charge >= 0.3 is 6.03 Å². The first-order chi connectivity index (χ1) is 4.54. The standard InChI is InChI=1S/C6H9FN2O/c1-4(2)5(7)3-9-6(8)10/h3H,1H2,2H3,(H3,8,9,10)/b5-3+. The molecule has 0 saturated heterocycles. The lowest BCUT2D eigenvalue weighted by atomic mass is 10.3. The van der Waals surface area contributed by atoms with Crippen molar-refractivity contribution in [1.82, 2.24) is 5.32 Å². The van der Waals surface area contributed by atoms with Crippen LogP contribution in [0.2, 0.25) is 0 Å². The summed E-state index contributed by atoms with van der Waals surface area (Å²) in [5.41, 5.74) is 4.89. The Hall–Kier alpha value is -1.32. The highest BCUT2D eigenvalue weighted by Gasteiger charge is 1.93. The second kappa shape index (κ2) is 3.66. The molecule has 3 nitrogen and oxygen atoms in total. The third-order valence-electron chi connectivity index (χ3n) is 0.749. The summed E-state index contributed by atoms with van der Waals surface area (Å²) >= 11 is 0. The number of nitrogens with two attached hydrogens (primary N) is 1. The largest absolute Gasteiger partial charge is 0.351 e. The zero-order valence-corrected chi connectivity index (χ0v) is 5.65. The van der Waals surface area contributed by atoms with Crippen LogP contribution in [-0.4, -0.2) is 6.03 Å². The highest BCUT2D eigenvalue weighted by molar-refractivity contribution is 5.72. The van der Waals surface area contributed by atoms with Gasteiger partial charge in [-0.1, -0.05) is 6.58 Å². The maximum absolute atomic E-state index is 12.4. The van der Waals surface area contributed by atoms with Crippen molar-refractivity contribution in [2.24, 2.45) is 5.73 Å². The zero-order chi connectivity index (χ0) is 8.15. The predicted molar refractivity (Wildman–Crippen MR) is 36.7 cm³/mol. The Morgan fingerprint density at radius 2 is 2.30 bits per heavy atom. The van der Waals surface area contributed by atoms with Gasteiger partial charge in [0, 0.05) is 6.20 Å². The number of amides is 2. The third kappa shape index (κ3) is 3.65. The van der Waals surface area contributed by atoms with E-state index in [1.807, 2.05) is 5.32 Å². The van der Waals surface area contributed by atoms with Crippen molar-refractivity contribution in [3.05, 3.63) is 24.2 Å². The van der Waals surface area contributed by atoms with Crippen LogP contribution in [0.5, 0.6) is 0 Å². The molecule has 0 aromatic heterocycles. The molecule has 10 heavy (non-hydrogen) atoms. The molecule has 0 saturated carbocycles. The second-order valence-corrected chi connectivity index (χ2v) is 1.78. The minimum Gasteiger partial charge on any atom is -0.351 e. The van der Waals surface area contributed by atoms with Crippen molar-refractivity contribution in [2.75, 3.05) is 0 Å². The Bertz CT molecular complexity index is 186. The fourth-order valence-electron chi connectivity index (χ4n) is 0.258. The van der Waals surface area contributed by atoms with Crippen LogP contribution < -0.4 is 11.1 Å². The molecule has 0 aromatic carbocycles. The normalized spacial score (nSPS) is 10.8. The first kappa shape index (κ1) is 8.68. The summed E-state index contributed by atoms with van der Waals surface area (Å²) < 4.78 is 12.4. The smallest absolute Gasteiger partial charge is 0.316 e. The van der Waals surface area contributed by atoms with Crippen LogP contribution in [0.4, 0.5) is 9.18 Å². The maximum atomic E-state index is 12.4. The maximum Gasteiger partial charge on any atom is 0.316 e. The summed E-state index contributed by atoms with van der Waals surface area (Å²) in [5, 5.41) is 1.97. The molecule has 4 heteroatoms. The van der Waals surface area contributed by atoms with E-state index < -0.39 is 11.9 Å². The van der Waals surface area contributed by atoms with Gasteiger partial charge in [-0.3, -0.25) is 0 Å². The van der Waals surface area contributed by atoms with Gasteiger partial charge in [-0.2, -0.15) is 0 Å². The lowest BCUT2D eigenvalue weighted by Gasteiger charge is -1.94. The number of hydrogen-bond donors (Lipinski definition) is 2. The van der Waals surface area contributed by atoms with Crippen molar-refractivity contribution < 1.29 is 9.18 Å². The molecule has 0 spiro atoms. The van der Waals surface area contributed by atoms with Gasteiger partial charge in [-0.25, -0.2) is 9.18 Å². The van der Waals surface area contributed by atoms with Gasteiger partial charge in [0.05, 0.1) is 0 Å². The number of nitrogens with one attached hydrogen (secondary N) is 1. The topological polar surface area (TPSA) is 55.1 Å². The monoisotopic (exact) mass is 144 g/mol. The van der Waals surface area contributed by atoms with Crippen molar-refractivity contribution >= 4 is 6.03 Å². The zero-order valence-electron chi connectivity index (χ0n) is 5.65. The van der Waals surface area contributed by atoms with Crippen molar-refractivity contribution in [2.45, 2.75) is 6.92 Å². The Morgan fingerprint density at radius 1 is 1.80 bits per heavy atom. The first-order valence-electron chi connectivity index (χ1n) is 2.61. The van der Waals surface area contributed by atoms with E-state index in [9.17, 15) is 9.18 Å². The Morgan fingerprint density at radius 3 is 2.60 bits per heavy atom. The lowest BCUT2D eigenvalue weighted by Crippen LogP contribution is -2.24. The fraction of sp³-hybridized carbons (Fsp3) is 0.167. The van der Waals surface area contributed by atoms with E-state index >= 15 is 0 Å². The molecule has 0 fully saturated rings. The van der Waals surface area contributed by atoms with E-state index in [0.29, 0.717) is 0 Å². The minimum absolute atomic E-state index is 0.244. The molecule has 0 atom stereocenters. The Kier molecular flexibility index (Phi) is 3.17. The van der Waals surface area contributed by atoms with Crippen LogP contribution in [0.15, 0.2) is 24.2 Å². The lowest BCUT2D eigenvalue weighted by molar-refractivity contribution is 0.252. The quantitative estimate of drug-likeness (QED) is 0.559. The molecule has 0 unspecified atom stereocenters. The molecule has 2 amide bonds. The highest BCUT2D eigenvalue weighted by atomic mass is 19.1. The van der Waals surface area contributed by atoms with E-state index in [1.165, 1.54) is 6.92 Å². The summed E-state index contributed by atoms with van der Waals surface area (Å²) in [6.07, 6.45) is 0.866. The molecule has 3 N–H and O–H groups in total. The SMILES string of the molecule is C=C(C)/C(F)=C\NC(N)=O. The molecule has 0 aliphatic carbocycles. The van der Waals surface area contributed by atoms with Gasteiger partial charge in [0.2, 0.25) is 0 Å². The van der Waals surface area contributed by atoms with Gasteiger partial charge in [-0.15, -0.1) is 0 Å². The number of hydrogen-bond acceptors (Lipinski definition) is 1. The molecule has 0 aromatic rings. The molecule has 0 heterocycles. The summed E-state index contributed by atoms with van der Waals surface area (Å²) in [7, 11) is 0. The van der Waals surface area contributed by atoms with E-state index in [0.717, 1.165) is 6.20 Å². The summed E-state index contributed by atoms with van der Waals surface area (Å²) in [6, 6.07) is -0.795. The molecular formula is C6H9FN2O. The molecular weight excluding hydrogens is 135 g/mol. The van der Waals surface area contributed by atoms with Crippen LogP contribution in [-0.2, 0) is 0 Å². The van der Waals surface area contributed by atoms with E-state index in [-0.39, 0.29) is 5.57 Å². The Balaban J connectivity index is 3.92. The number of halogens is 1. The van der Waals surface area contributed by atoms with Gasteiger partial charge in [0.15, 0.2) is 0 Å². The average Bonchev–Trinajstić information content (AvgIpc) is 1.82. The molecule has 0 rings (SSSR count). The molecule has 0 aliphatic heterocycles. The molecule has 0 radical (unpaired) electrons. The van der Waals surface area contributed by atoms with E-state index in [4.69, 9.17) is 0 Å². The van der Waals surface area contributed by atoms with E-state index in [2.05, 4.69) is 12.3 Å². The Labute approximate surface area is 58.4 Å². The number of carbonyl (C=O) groups is 1. The van der Waals surface area contributed by atoms with Crippen LogP contribution in [0.1, 0.15) is 6.92 Å². The second-order valence-electron chi connectivity index (χ2n) is 1.78. The van der Waals surface area contributed by atoms with Crippen LogP contribution in [0.3, 0.4) is 0 Å². The molecule has 0 bridgehead atoms. The fourth-order valence-corrected chi connectivity index (χ4v) is 0.258. The van der Waals surface area contributed by atoms with Crippen LogP contribution in [0, 0.1) is 0 Å². The summed E-state index contributed by atoms with van der Waals surface area (Å²) in [5.74, 6) is -0.584. The van der Waals surface area contributed by atoms with Gasteiger partial charge in [0.25, 0.3) is 0 Å². The van der Waals surface area contributed by atoms with Crippen LogP contribution >= 0.6 is 0 Å². The number of rotatable bonds is 2. The number of allylic oxidation sites excluding steroid dienone is 2. The minimum atomic E-state index is -0.795. The van der Waals surface area contributed by atoms with Crippen molar-refractivity contribution in [3.8, 4) is 0 Å². The number of primary amides is 1. The van der Waals surface area contributed by atoms with Gasteiger partial charge in [-0.05, 0) is 12.5 Å². The first-order valence-corrected chi connectivity index (χ1v) is 2.61. The van der Waals surface area contributed by atoms with Gasteiger partial charge < -0.3 is 11.1 Å². The highest BCUT2D eigenvalue weighted by Crippen LogP contribution is 2.04. The van der Waals surface area contributed by atoms with Crippen molar-refractivity contribution in [3.63, 3.8) is 0 Å². The third-order valence-corrected chi connectivity index (χ3v) is 0.749. The summed E-state index contributed by atoms with van der Waals surface area (Å²) in [6.45, 7) is 4.78. The molecule has 0 aliphatic rings. The predicted octanol–water partition coefficient (Wildman–Crippen LogP) is 1.04. The number of carbonyl (C=O) groups excluding carboxylic acids is 1. The van der Waals surface area contributed by atoms with Crippen molar-refractivity contribution in [1.29, 1.82) is 0 Å². The molecule has 56 valence electrons. The summed E-state index contributed by atoms with van der Waals surface area (Å²) in [4.78, 5) is 10.00. The average molecular weight is 144 g/mol.